The van der Waals surface area contributed by atoms with E-state index in [4.69, 9.17) is 0 Å². The molecule has 0 bridgehead atoms. The zero-order valence-corrected chi connectivity index (χ0v) is 15.5. The van der Waals surface area contributed by atoms with E-state index in [9.17, 15) is 9.90 Å². The number of carbonyl (C=O) groups is 1. The zero-order chi connectivity index (χ0) is 17.6. The van der Waals surface area contributed by atoms with E-state index in [-0.39, 0.29) is 0 Å². The van der Waals surface area contributed by atoms with Crippen molar-refractivity contribution >= 4 is 33.3 Å². The van der Waals surface area contributed by atoms with E-state index in [1.165, 1.54) is 17.7 Å². The van der Waals surface area contributed by atoms with Crippen molar-refractivity contribution in [1.82, 2.24) is 14.9 Å². The number of nitrogens with one attached hydrogen (secondary N) is 1. The van der Waals surface area contributed by atoms with Gasteiger partial charge in [0.25, 0.3) is 0 Å². The molecule has 134 valence electrons. The molecular weight excluding hydrogens is 336 g/mol. The van der Waals surface area contributed by atoms with Crippen molar-refractivity contribution < 1.29 is 9.90 Å². The summed E-state index contributed by atoms with van der Waals surface area (Å²) in [6.07, 6.45) is 7.70. The van der Waals surface area contributed by atoms with Gasteiger partial charge in [-0.2, -0.15) is 0 Å². The lowest BCUT2D eigenvalue weighted by atomic mass is 9.90. The summed E-state index contributed by atoms with van der Waals surface area (Å²) in [5.41, 5.74) is 0.956. The number of carboxylic acid groups (broad SMARTS) is 1. The molecule has 2 aromatic heterocycles. The molecule has 2 aliphatic carbocycles. The molecule has 1 fully saturated rings. The Kier molecular flexibility index (Phi) is 4.37. The highest BCUT2D eigenvalue weighted by atomic mass is 32.1. The van der Waals surface area contributed by atoms with Crippen LogP contribution in [-0.4, -0.2) is 52.1 Å². The molecule has 25 heavy (non-hydrogen) atoms. The third-order valence-corrected chi connectivity index (χ3v) is 6.85. The molecule has 2 N–H and O–H groups in total. The summed E-state index contributed by atoms with van der Waals surface area (Å²) in [7, 11) is 4.29. The predicted molar refractivity (Wildman–Crippen MR) is 99.5 cm³/mol. The van der Waals surface area contributed by atoms with Crippen LogP contribution in [0.3, 0.4) is 0 Å². The Bertz CT molecular complexity index is 796. The summed E-state index contributed by atoms with van der Waals surface area (Å²) in [5.74, 6) is -0.330. The maximum absolute atomic E-state index is 11.6. The van der Waals surface area contributed by atoms with Crippen LogP contribution in [0.2, 0.25) is 0 Å². The zero-order valence-electron chi connectivity index (χ0n) is 14.7. The summed E-state index contributed by atoms with van der Waals surface area (Å²) < 4.78 is 0. The van der Waals surface area contributed by atoms with E-state index in [0.29, 0.717) is 18.5 Å². The lowest BCUT2D eigenvalue weighted by Crippen LogP contribution is -2.36. The van der Waals surface area contributed by atoms with Gasteiger partial charge in [-0.1, -0.05) is 0 Å². The van der Waals surface area contributed by atoms with Gasteiger partial charge in [-0.05, 0) is 58.2 Å². The van der Waals surface area contributed by atoms with Crippen molar-refractivity contribution in [2.24, 2.45) is 0 Å². The van der Waals surface area contributed by atoms with E-state index < -0.39 is 11.9 Å². The molecule has 0 aromatic carbocycles. The van der Waals surface area contributed by atoms with Gasteiger partial charge in [0.1, 0.15) is 17.0 Å². The average molecular weight is 360 g/mol. The number of hydrogen-bond donors (Lipinski definition) is 2. The largest absolute Gasteiger partial charge is 0.481 e. The van der Waals surface area contributed by atoms with Crippen LogP contribution < -0.4 is 5.32 Å². The van der Waals surface area contributed by atoms with Crippen LogP contribution in [0, 0.1) is 0 Å². The van der Waals surface area contributed by atoms with Crippen LogP contribution >= 0.6 is 11.3 Å². The van der Waals surface area contributed by atoms with Crippen molar-refractivity contribution in [3.63, 3.8) is 0 Å². The van der Waals surface area contributed by atoms with E-state index in [2.05, 4.69) is 34.3 Å². The molecule has 1 atom stereocenters. The first kappa shape index (κ1) is 16.7. The molecule has 2 heterocycles. The molecule has 2 aliphatic rings. The quantitative estimate of drug-likeness (QED) is 0.872. The van der Waals surface area contributed by atoms with Crippen LogP contribution in [-0.2, 0) is 11.2 Å². The van der Waals surface area contributed by atoms with E-state index in [1.807, 2.05) is 0 Å². The standard InChI is InChI=1S/C18H24N4O2S/c1-22(2)11-5-3-10(4-6-11)21-16-15-14-12(18(23)24)7-8-13(14)25-17(15)20-9-19-16/h9-12H,3-8H2,1-2H3,(H,23,24)(H,19,20,21). The highest BCUT2D eigenvalue weighted by Gasteiger charge is 2.34. The van der Waals surface area contributed by atoms with Gasteiger partial charge >= 0.3 is 5.97 Å². The van der Waals surface area contributed by atoms with Gasteiger partial charge in [-0.25, -0.2) is 9.97 Å². The maximum atomic E-state index is 11.6. The van der Waals surface area contributed by atoms with Crippen LogP contribution in [0.25, 0.3) is 10.2 Å². The summed E-state index contributed by atoms with van der Waals surface area (Å²) in [6.45, 7) is 0. The molecule has 0 amide bonds. The Labute approximate surface area is 151 Å². The van der Waals surface area contributed by atoms with Gasteiger partial charge in [0.2, 0.25) is 0 Å². The second-order valence-electron chi connectivity index (χ2n) is 7.38. The predicted octanol–water partition coefficient (Wildman–Crippen LogP) is 3.09. The fourth-order valence-corrected chi connectivity index (χ4v) is 5.48. The number of anilines is 1. The lowest BCUT2D eigenvalue weighted by molar-refractivity contribution is -0.138. The normalized spacial score (nSPS) is 26.1. The Balaban J connectivity index is 1.62. The minimum atomic E-state index is -0.736. The average Bonchev–Trinajstić information content (AvgIpc) is 3.14. The summed E-state index contributed by atoms with van der Waals surface area (Å²) in [5, 5.41) is 14.1. The molecule has 0 radical (unpaired) electrons. The van der Waals surface area contributed by atoms with Crippen molar-refractivity contribution in [2.75, 3.05) is 19.4 Å². The number of aryl methyl sites for hydroxylation is 1. The Morgan fingerprint density at radius 1 is 1.24 bits per heavy atom. The molecule has 0 spiro atoms. The van der Waals surface area contributed by atoms with E-state index >= 15 is 0 Å². The Morgan fingerprint density at radius 3 is 2.68 bits per heavy atom. The van der Waals surface area contributed by atoms with E-state index in [0.717, 1.165) is 40.9 Å². The molecule has 2 aromatic rings. The first-order chi connectivity index (χ1) is 12.0. The molecule has 6 nitrogen and oxygen atoms in total. The number of thiophene rings is 1. The Hall–Kier alpha value is -1.73. The van der Waals surface area contributed by atoms with Gasteiger partial charge in [0.15, 0.2) is 0 Å². The smallest absolute Gasteiger partial charge is 0.311 e. The van der Waals surface area contributed by atoms with Gasteiger partial charge < -0.3 is 15.3 Å². The molecule has 4 rings (SSSR count). The highest BCUT2D eigenvalue weighted by Crippen LogP contribution is 2.45. The van der Waals surface area contributed by atoms with Crippen LogP contribution in [0.1, 0.15) is 48.5 Å². The Morgan fingerprint density at radius 2 is 2.00 bits per heavy atom. The first-order valence-electron chi connectivity index (χ1n) is 8.96. The van der Waals surface area contributed by atoms with Crippen LogP contribution in [0.4, 0.5) is 5.82 Å². The number of carboxylic acids is 1. The summed E-state index contributed by atoms with van der Waals surface area (Å²) >= 11 is 1.63. The number of rotatable bonds is 4. The molecule has 0 aliphatic heterocycles. The van der Waals surface area contributed by atoms with Gasteiger partial charge in [-0.15, -0.1) is 11.3 Å². The number of fused-ring (bicyclic) bond motifs is 3. The van der Waals surface area contributed by atoms with Crippen molar-refractivity contribution in [3.8, 4) is 0 Å². The number of aromatic nitrogens is 2. The molecule has 1 saturated carbocycles. The SMILES string of the molecule is CN(C)C1CCC(Nc2ncnc3sc4c(c23)C(C(=O)O)CC4)CC1. The maximum Gasteiger partial charge on any atom is 0.311 e. The highest BCUT2D eigenvalue weighted by molar-refractivity contribution is 7.19. The molecule has 7 heteroatoms. The van der Waals surface area contributed by atoms with E-state index in [1.54, 1.807) is 17.7 Å². The topological polar surface area (TPSA) is 78.3 Å². The third-order valence-electron chi connectivity index (χ3n) is 5.68. The minimum absolute atomic E-state index is 0.398. The third kappa shape index (κ3) is 3.00. The fraction of sp³-hybridized carbons (Fsp3) is 0.611. The molecular formula is C18H24N4O2S. The van der Waals surface area contributed by atoms with Gasteiger partial charge in [-0.3, -0.25) is 4.79 Å². The van der Waals surface area contributed by atoms with Crippen LogP contribution in [0.15, 0.2) is 6.33 Å². The summed E-state index contributed by atoms with van der Waals surface area (Å²) in [6, 6.07) is 1.06. The first-order valence-corrected chi connectivity index (χ1v) is 9.78. The van der Waals surface area contributed by atoms with Crippen molar-refractivity contribution in [1.29, 1.82) is 0 Å². The fourth-order valence-electron chi connectivity index (χ4n) is 4.26. The van der Waals surface area contributed by atoms with Crippen molar-refractivity contribution in [2.45, 2.75) is 56.5 Å². The number of nitrogens with zero attached hydrogens (tertiary/aromatic N) is 3. The van der Waals surface area contributed by atoms with Crippen molar-refractivity contribution in [3.05, 3.63) is 16.8 Å². The van der Waals surface area contributed by atoms with Gasteiger partial charge in [0.05, 0.1) is 11.3 Å². The second kappa shape index (κ2) is 6.53. The summed E-state index contributed by atoms with van der Waals surface area (Å²) in [4.78, 5) is 24.9. The molecule has 0 saturated heterocycles. The minimum Gasteiger partial charge on any atom is -0.481 e. The second-order valence-corrected chi connectivity index (χ2v) is 8.47. The van der Waals surface area contributed by atoms with Crippen LogP contribution in [0.5, 0.6) is 0 Å². The lowest BCUT2D eigenvalue weighted by Gasteiger charge is -2.33. The monoisotopic (exact) mass is 360 g/mol. The van der Waals surface area contributed by atoms with Gasteiger partial charge in [0, 0.05) is 17.0 Å². The number of aliphatic carboxylic acids is 1. The number of hydrogen-bond acceptors (Lipinski definition) is 6. The molecule has 1 unspecified atom stereocenters.